The van der Waals surface area contributed by atoms with Crippen molar-refractivity contribution in [2.45, 2.75) is 32.7 Å². The Labute approximate surface area is 112 Å². The molecule has 0 saturated heterocycles. The molecule has 2 heterocycles. The van der Waals surface area contributed by atoms with E-state index in [4.69, 9.17) is 5.73 Å². The summed E-state index contributed by atoms with van der Waals surface area (Å²) in [6.45, 7) is 4.44. The highest BCUT2D eigenvalue weighted by Crippen LogP contribution is 2.38. The third-order valence-electron chi connectivity index (χ3n) is 3.51. The number of nitrogens with two attached hydrogens (primary N) is 1. The number of fused-ring (bicyclic) bond motifs is 1. The molecule has 19 heavy (non-hydrogen) atoms. The van der Waals surface area contributed by atoms with E-state index in [1.165, 1.54) is 0 Å². The lowest BCUT2D eigenvalue weighted by Crippen LogP contribution is -2.30. The molecule has 0 radical (unpaired) electrons. The Bertz CT molecular complexity index is 594. The predicted octanol–water partition coefficient (Wildman–Crippen LogP) is 1.91. The summed E-state index contributed by atoms with van der Waals surface area (Å²) in [5, 5.41) is 0. The molecule has 1 aliphatic rings. The minimum Gasteiger partial charge on any atom is -0.324 e. The van der Waals surface area contributed by atoms with E-state index < -0.39 is 0 Å². The van der Waals surface area contributed by atoms with Crippen LogP contribution in [0.25, 0.3) is 11.5 Å². The standard InChI is InChI=1S/C14H17N5/c1-14(2)5-10(15)9-7-18-13(19-11(9)6-14)12-8-16-3-4-17-12/h3-4,7-8,10H,5-6,15H2,1-2H3. The number of hydrogen-bond donors (Lipinski definition) is 1. The van der Waals surface area contributed by atoms with Crippen LogP contribution in [0.15, 0.2) is 24.8 Å². The lowest BCUT2D eigenvalue weighted by Gasteiger charge is -2.34. The van der Waals surface area contributed by atoms with Crippen molar-refractivity contribution in [3.05, 3.63) is 36.0 Å². The normalized spacial score (nSPS) is 20.9. The average molecular weight is 255 g/mol. The maximum Gasteiger partial charge on any atom is 0.179 e. The van der Waals surface area contributed by atoms with E-state index in [0.29, 0.717) is 11.5 Å². The molecular formula is C14H17N5. The smallest absolute Gasteiger partial charge is 0.179 e. The predicted molar refractivity (Wildman–Crippen MR) is 72.1 cm³/mol. The molecular weight excluding hydrogens is 238 g/mol. The third-order valence-corrected chi connectivity index (χ3v) is 3.51. The monoisotopic (exact) mass is 255 g/mol. The first kappa shape index (κ1) is 12.2. The first-order valence-corrected chi connectivity index (χ1v) is 6.43. The summed E-state index contributed by atoms with van der Waals surface area (Å²) in [5.41, 5.74) is 9.18. The SMILES string of the molecule is CC1(C)Cc2nc(-c3cnccn3)ncc2C(N)C1. The second kappa shape index (κ2) is 4.35. The average Bonchev–Trinajstić information content (AvgIpc) is 2.37. The summed E-state index contributed by atoms with van der Waals surface area (Å²) >= 11 is 0. The van der Waals surface area contributed by atoms with E-state index in [9.17, 15) is 0 Å². The molecule has 0 bridgehead atoms. The molecule has 1 atom stereocenters. The molecule has 5 heteroatoms. The molecule has 1 unspecified atom stereocenters. The Balaban J connectivity index is 2.05. The van der Waals surface area contributed by atoms with Crippen LogP contribution in [-0.4, -0.2) is 19.9 Å². The largest absolute Gasteiger partial charge is 0.324 e. The van der Waals surface area contributed by atoms with E-state index in [1.807, 2.05) is 6.20 Å². The first-order chi connectivity index (χ1) is 9.05. The van der Waals surface area contributed by atoms with Gasteiger partial charge in [0.05, 0.1) is 6.20 Å². The Hall–Kier alpha value is -1.88. The van der Waals surface area contributed by atoms with Gasteiger partial charge in [-0.1, -0.05) is 13.8 Å². The maximum atomic E-state index is 6.20. The summed E-state index contributed by atoms with van der Waals surface area (Å²) in [7, 11) is 0. The van der Waals surface area contributed by atoms with Crippen LogP contribution in [0.3, 0.4) is 0 Å². The lowest BCUT2D eigenvalue weighted by molar-refractivity contribution is 0.278. The number of hydrogen-bond acceptors (Lipinski definition) is 5. The van der Waals surface area contributed by atoms with Crippen LogP contribution >= 0.6 is 0 Å². The number of nitrogens with zero attached hydrogens (tertiary/aromatic N) is 4. The van der Waals surface area contributed by atoms with Crippen molar-refractivity contribution in [3.8, 4) is 11.5 Å². The van der Waals surface area contributed by atoms with Gasteiger partial charge in [-0.2, -0.15) is 0 Å². The molecule has 0 aliphatic heterocycles. The molecule has 5 nitrogen and oxygen atoms in total. The topological polar surface area (TPSA) is 77.6 Å². The van der Waals surface area contributed by atoms with Gasteiger partial charge in [0.2, 0.25) is 0 Å². The Morgan fingerprint density at radius 2 is 2.05 bits per heavy atom. The van der Waals surface area contributed by atoms with Crippen LogP contribution in [0.4, 0.5) is 0 Å². The van der Waals surface area contributed by atoms with Gasteiger partial charge in [-0.25, -0.2) is 15.0 Å². The molecule has 1 aliphatic carbocycles. The van der Waals surface area contributed by atoms with Gasteiger partial charge in [0.25, 0.3) is 0 Å². The quantitative estimate of drug-likeness (QED) is 0.842. The van der Waals surface area contributed by atoms with Crippen LogP contribution in [0.1, 0.15) is 37.6 Å². The second-order valence-electron chi connectivity index (χ2n) is 5.84. The van der Waals surface area contributed by atoms with Crippen molar-refractivity contribution in [2.75, 3.05) is 0 Å². The zero-order chi connectivity index (χ0) is 13.5. The second-order valence-corrected chi connectivity index (χ2v) is 5.84. The van der Waals surface area contributed by atoms with E-state index in [1.54, 1.807) is 18.6 Å². The summed E-state index contributed by atoms with van der Waals surface area (Å²) in [4.78, 5) is 17.3. The zero-order valence-corrected chi connectivity index (χ0v) is 11.2. The number of rotatable bonds is 1. The Morgan fingerprint density at radius 1 is 1.21 bits per heavy atom. The van der Waals surface area contributed by atoms with Gasteiger partial charge in [-0.3, -0.25) is 4.98 Å². The summed E-state index contributed by atoms with van der Waals surface area (Å²) in [5.74, 6) is 0.622. The van der Waals surface area contributed by atoms with Crippen LogP contribution in [-0.2, 0) is 6.42 Å². The maximum absolute atomic E-state index is 6.20. The zero-order valence-electron chi connectivity index (χ0n) is 11.2. The van der Waals surface area contributed by atoms with Crippen molar-refractivity contribution in [1.29, 1.82) is 0 Å². The van der Waals surface area contributed by atoms with Crippen molar-refractivity contribution < 1.29 is 0 Å². The van der Waals surface area contributed by atoms with Gasteiger partial charge in [0, 0.05) is 35.9 Å². The molecule has 0 saturated carbocycles. The molecule has 2 aromatic heterocycles. The molecule has 0 spiro atoms. The van der Waals surface area contributed by atoms with E-state index in [2.05, 4.69) is 33.8 Å². The van der Waals surface area contributed by atoms with Crippen LogP contribution < -0.4 is 5.73 Å². The molecule has 0 fully saturated rings. The summed E-state index contributed by atoms with van der Waals surface area (Å²) in [6, 6.07) is 0.0228. The molecule has 0 aromatic carbocycles. The van der Waals surface area contributed by atoms with Crippen molar-refractivity contribution in [1.82, 2.24) is 19.9 Å². The molecule has 98 valence electrons. The fourth-order valence-corrected chi connectivity index (χ4v) is 2.65. The van der Waals surface area contributed by atoms with Crippen molar-refractivity contribution in [2.24, 2.45) is 11.1 Å². The highest BCUT2D eigenvalue weighted by atomic mass is 14.9. The van der Waals surface area contributed by atoms with Crippen LogP contribution in [0.2, 0.25) is 0 Å². The van der Waals surface area contributed by atoms with E-state index in [0.717, 1.165) is 24.1 Å². The van der Waals surface area contributed by atoms with Crippen molar-refractivity contribution >= 4 is 0 Å². The summed E-state index contributed by atoms with van der Waals surface area (Å²) < 4.78 is 0. The molecule has 0 amide bonds. The van der Waals surface area contributed by atoms with Crippen LogP contribution in [0.5, 0.6) is 0 Å². The highest BCUT2D eigenvalue weighted by Gasteiger charge is 2.31. The molecule has 2 N–H and O–H groups in total. The summed E-state index contributed by atoms with van der Waals surface area (Å²) in [6.07, 6.45) is 8.69. The van der Waals surface area contributed by atoms with Gasteiger partial charge >= 0.3 is 0 Å². The fraction of sp³-hybridized carbons (Fsp3) is 0.429. The van der Waals surface area contributed by atoms with Crippen LogP contribution in [0, 0.1) is 5.41 Å². The fourth-order valence-electron chi connectivity index (χ4n) is 2.65. The van der Waals surface area contributed by atoms with Gasteiger partial charge in [0.15, 0.2) is 5.82 Å². The first-order valence-electron chi connectivity index (χ1n) is 6.43. The molecule has 2 aromatic rings. The van der Waals surface area contributed by atoms with E-state index in [-0.39, 0.29) is 11.5 Å². The van der Waals surface area contributed by atoms with Gasteiger partial charge < -0.3 is 5.73 Å². The third kappa shape index (κ3) is 2.33. The lowest BCUT2D eigenvalue weighted by atomic mass is 9.74. The van der Waals surface area contributed by atoms with Gasteiger partial charge in [0.1, 0.15) is 5.69 Å². The molecule has 3 rings (SSSR count). The minimum absolute atomic E-state index is 0.0228. The van der Waals surface area contributed by atoms with Crippen molar-refractivity contribution in [3.63, 3.8) is 0 Å². The Kier molecular flexibility index (Phi) is 2.78. The number of aromatic nitrogens is 4. The minimum atomic E-state index is 0.0228. The van der Waals surface area contributed by atoms with Gasteiger partial charge in [-0.15, -0.1) is 0 Å². The van der Waals surface area contributed by atoms with E-state index >= 15 is 0 Å². The highest BCUT2D eigenvalue weighted by molar-refractivity contribution is 5.48. The van der Waals surface area contributed by atoms with Gasteiger partial charge in [-0.05, 0) is 18.3 Å². The Morgan fingerprint density at radius 3 is 2.79 bits per heavy atom.